The quantitative estimate of drug-likeness (QED) is 0.333. The summed E-state index contributed by atoms with van der Waals surface area (Å²) >= 11 is 0. The van der Waals surface area contributed by atoms with E-state index in [1.807, 2.05) is 0 Å². The summed E-state index contributed by atoms with van der Waals surface area (Å²) in [4.78, 5) is 31.7. The molecule has 0 heterocycles. The van der Waals surface area contributed by atoms with E-state index in [1.54, 1.807) is 0 Å². The zero-order valence-corrected chi connectivity index (χ0v) is 12.1. The van der Waals surface area contributed by atoms with Crippen LogP contribution in [0, 0.1) is 0 Å². The van der Waals surface area contributed by atoms with Crippen molar-refractivity contribution in [2.75, 3.05) is 0 Å². The number of unbranched alkanes of at least 4 members (excludes halogenated alkanes) is 9. The molecule has 0 aromatic heterocycles. The van der Waals surface area contributed by atoms with Gasteiger partial charge in [-0.3, -0.25) is 4.79 Å². The number of carbonyl (C=O) groups excluding carboxylic acids is 3. The summed E-state index contributed by atoms with van der Waals surface area (Å²) in [6.07, 6.45) is 14.1. The van der Waals surface area contributed by atoms with Gasteiger partial charge < -0.3 is 9.59 Å². The monoisotopic (exact) mass is 268 g/mol. The van der Waals surface area contributed by atoms with E-state index in [1.165, 1.54) is 19.3 Å². The summed E-state index contributed by atoms with van der Waals surface area (Å²) in [5.74, 6) is 0.344. The molecule has 3 nitrogen and oxygen atoms in total. The van der Waals surface area contributed by atoms with E-state index in [0.29, 0.717) is 31.5 Å². The minimum atomic E-state index is 0.344. The van der Waals surface area contributed by atoms with Gasteiger partial charge >= 0.3 is 0 Å². The molecule has 0 amide bonds. The maximum Gasteiger partial charge on any atom is 0.132 e. The molecule has 0 aromatic carbocycles. The van der Waals surface area contributed by atoms with Crippen LogP contribution in [-0.2, 0) is 14.4 Å². The Balaban J connectivity index is 3.13. The highest BCUT2D eigenvalue weighted by Crippen LogP contribution is 2.11. The molecule has 0 saturated heterocycles. The Morgan fingerprint density at radius 2 is 0.947 bits per heavy atom. The molecule has 19 heavy (non-hydrogen) atoms. The van der Waals surface area contributed by atoms with Crippen LogP contribution in [-0.4, -0.2) is 18.4 Å². The summed E-state index contributed by atoms with van der Waals surface area (Å²) in [5.41, 5.74) is 0. The number of hydrogen-bond donors (Lipinski definition) is 0. The van der Waals surface area contributed by atoms with Crippen LogP contribution >= 0.6 is 0 Å². The fourth-order valence-corrected chi connectivity index (χ4v) is 2.11. The summed E-state index contributed by atoms with van der Waals surface area (Å²) in [5, 5.41) is 0. The number of rotatable bonds is 15. The number of aldehydes is 2. The maximum absolute atomic E-state index is 11.5. The normalized spacial score (nSPS) is 10.3. The highest BCUT2D eigenvalue weighted by Gasteiger charge is 2.01. The Kier molecular flexibility index (Phi) is 14.3. The van der Waals surface area contributed by atoms with E-state index < -0.39 is 0 Å². The third-order valence-corrected chi connectivity index (χ3v) is 3.31. The zero-order chi connectivity index (χ0) is 14.2. The molecule has 0 aliphatic heterocycles. The Morgan fingerprint density at radius 3 is 1.47 bits per heavy atom. The number of carbonyl (C=O) groups is 3. The van der Waals surface area contributed by atoms with E-state index in [-0.39, 0.29) is 0 Å². The Bertz CT molecular complexity index is 236. The van der Waals surface area contributed by atoms with Crippen molar-refractivity contribution < 1.29 is 14.4 Å². The molecular formula is C16H28O3. The van der Waals surface area contributed by atoms with Crippen LogP contribution in [0.1, 0.15) is 83.5 Å². The Labute approximate surface area is 117 Å². The number of hydrogen-bond acceptors (Lipinski definition) is 3. The summed E-state index contributed by atoms with van der Waals surface area (Å²) in [6, 6.07) is 0. The summed E-state index contributed by atoms with van der Waals surface area (Å²) < 4.78 is 0. The van der Waals surface area contributed by atoms with Gasteiger partial charge in [0.2, 0.25) is 0 Å². The van der Waals surface area contributed by atoms with Crippen LogP contribution in [0.15, 0.2) is 0 Å². The molecule has 0 aliphatic carbocycles. The average molecular weight is 268 g/mol. The minimum absolute atomic E-state index is 0.344. The predicted molar refractivity (Wildman–Crippen MR) is 77.2 cm³/mol. The van der Waals surface area contributed by atoms with Gasteiger partial charge in [-0.2, -0.15) is 0 Å². The molecule has 0 N–H and O–H groups in total. The van der Waals surface area contributed by atoms with Crippen molar-refractivity contribution in [1.29, 1.82) is 0 Å². The van der Waals surface area contributed by atoms with Crippen LogP contribution < -0.4 is 0 Å². The van der Waals surface area contributed by atoms with Crippen molar-refractivity contribution in [1.82, 2.24) is 0 Å². The number of ketones is 1. The molecule has 0 atom stereocenters. The highest BCUT2D eigenvalue weighted by atomic mass is 16.1. The minimum Gasteiger partial charge on any atom is -0.303 e. The molecule has 0 fully saturated rings. The van der Waals surface area contributed by atoms with Gasteiger partial charge in [0.15, 0.2) is 0 Å². The molecule has 0 rings (SSSR count). The van der Waals surface area contributed by atoms with Crippen LogP contribution in [0.3, 0.4) is 0 Å². The largest absolute Gasteiger partial charge is 0.303 e. The van der Waals surface area contributed by atoms with Gasteiger partial charge in [0.1, 0.15) is 18.4 Å². The lowest BCUT2D eigenvalue weighted by molar-refractivity contribution is -0.119. The molecule has 0 unspecified atom stereocenters. The maximum atomic E-state index is 11.5. The lowest BCUT2D eigenvalue weighted by atomic mass is 10.0. The SMILES string of the molecule is O=CCCCCCCCCCC(=O)CCCCC=O. The van der Waals surface area contributed by atoms with Crippen LogP contribution in [0.5, 0.6) is 0 Å². The topological polar surface area (TPSA) is 51.2 Å². The van der Waals surface area contributed by atoms with Gasteiger partial charge in [-0.1, -0.05) is 32.1 Å². The first-order valence-electron chi connectivity index (χ1n) is 7.70. The first kappa shape index (κ1) is 18.0. The Morgan fingerprint density at radius 1 is 0.579 bits per heavy atom. The standard InChI is InChI=1S/C16H28O3/c17-14-10-6-4-2-1-3-5-8-12-16(19)13-9-7-11-15-18/h14-15H,1-13H2. The van der Waals surface area contributed by atoms with E-state index >= 15 is 0 Å². The van der Waals surface area contributed by atoms with Gasteiger partial charge in [0, 0.05) is 25.7 Å². The third kappa shape index (κ3) is 15.0. The average Bonchev–Trinajstić information content (AvgIpc) is 2.42. The van der Waals surface area contributed by atoms with Gasteiger partial charge in [0.25, 0.3) is 0 Å². The molecule has 110 valence electrons. The van der Waals surface area contributed by atoms with E-state index in [0.717, 1.165) is 51.1 Å². The van der Waals surface area contributed by atoms with Crippen LogP contribution in [0.25, 0.3) is 0 Å². The molecule has 0 radical (unpaired) electrons. The molecule has 0 saturated carbocycles. The molecule has 3 heteroatoms. The van der Waals surface area contributed by atoms with Gasteiger partial charge in [0.05, 0.1) is 0 Å². The van der Waals surface area contributed by atoms with Crippen molar-refractivity contribution in [2.45, 2.75) is 83.5 Å². The lowest BCUT2D eigenvalue weighted by Crippen LogP contribution is -1.97. The lowest BCUT2D eigenvalue weighted by Gasteiger charge is -2.02. The van der Waals surface area contributed by atoms with Crippen molar-refractivity contribution in [3.8, 4) is 0 Å². The van der Waals surface area contributed by atoms with Gasteiger partial charge in [-0.15, -0.1) is 0 Å². The molecule has 0 spiro atoms. The second-order valence-corrected chi connectivity index (χ2v) is 5.13. The summed E-state index contributed by atoms with van der Waals surface area (Å²) in [6.45, 7) is 0. The third-order valence-electron chi connectivity index (χ3n) is 3.31. The number of Topliss-reactive ketones (excluding diaryl/α,β-unsaturated/α-hetero) is 1. The van der Waals surface area contributed by atoms with Crippen molar-refractivity contribution >= 4 is 18.4 Å². The second-order valence-electron chi connectivity index (χ2n) is 5.13. The van der Waals surface area contributed by atoms with Crippen LogP contribution in [0.4, 0.5) is 0 Å². The van der Waals surface area contributed by atoms with Gasteiger partial charge in [-0.05, 0) is 25.7 Å². The van der Waals surface area contributed by atoms with Crippen molar-refractivity contribution in [3.05, 3.63) is 0 Å². The fourth-order valence-electron chi connectivity index (χ4n) is 2.11. The smallest absolute Gasteiger partial charge is 0.132 e. The fraction of sp³-hybridized carbons (Fsp3) is 0.812. The summed E-state index contributed by atoms with van der Waals surface area (Å²) in [7, 11) is 0. The first-order valence-corrected chi connectivity index (χ1v) is 7.70. The zero-order valence-electron chi connectivity index (χ0n) is 12.1. The molecular weight excluding hydrogens is 240 g/mol. The molecule has 0 aliphatic rings. The van der Waals surface area contributed by atoms with Crippen molar-refractivity contribution in [2.24, 2.45) is 0 Å². The molecule has 0 aromatic rings. The first-order chi connectivity index (χ1) is 9.31. The highest BCUT2D eigenvalue weighted by molar-refractivity contribution is 5.78. The van der Waals surface area contributed by atoms with E-state index in [4.69, 9.17) is 0 Å². The van der Waals surface area contributed by atoms with E-state index in [9.17, 15) is 14.4 Å². The Hall–Kier alpha value is -0.990. The predicted octanol–water partition coefficient (Wildman–Crippen LogP) is 4.02. The van der Waals surface area contributed by atoms with E-state index in [2.05, 4.69) is 0 Å². The second kappa shape index (κ2) is 15.1. The van der Waals surface area contributed by atoms with Gasteiger partial charge in [-0.25, -0.2) is 0 Å². The molecule has 0 bridgehead atoms. The van der Waals surface area contributed by atoms with Crippen molar-refractivity contribution in [3.63, 3.8) is 0 Å². The van der Waals surface area contributed by atoms with Crippen LogP contribution in [0.2, 0.25) is 0 Å².